The molecule has 1 amide bonds. The van der Waals surface area contributed by atoms with E-state index in [1.807, 2.05) is 30.3 Å². The Hall–Kier alpha value is -2.62. The minimum absolute atomic E-state index is 0.222. The molecule has 1 N–H and O–H groups in total. The molecule has 3 rings (SSSR count). The fraction of sp³-hybridized carbons (Fsp3) is 0.368. The summed E-state index contributed by atoms with van der Waals surface area (Å²) >= 11 is 0. The van der Waals surface area contributed by atoms with Crippen LogP contribution in [0, 0.1) is 17.8 Å². The Balaban J connectivity index is 1.39. The van der Waals surface area contributed by atoms with Crippen LogP contribution in [0.25, 0.3) is 0 Å². The summed E-state index contributed by atoms with van der Waals surface area (Å²) in [5, 5.41) is 6.62. The van der Waals surface area contributed by atoms with Gasteiger partial charge >= 0.3 is 0 Å². The van der Waals surface area contributed by atoms with Crippen molar-refractivity contribution in [2.75, 3.05) is 26.4 Å². The van der Waals surface area contributed by atoms with Gasteiger partial charge in [0.2, 0.25) is 0 Å². The van der Waals surface area contributed by atoms with Crippen LogP contribution in [0.2, 0.25) is 0 Å². The third-order valence-corrected chi connectivity index (χ3v) is 3.79. The van der Waals surface area contributed by atoms with E-state index in [2.05, 4.69) is 22.3 Å². The molecule has 2 heterocycles. The second-order valence-electron chi connectivity index (χ2n) is 5.78. The monoisotopic (exact) mass is 340 g/mol. The molecule has 1 saturated heterocycles. The lowest BCUT2D eigenvalue weighted by Crippen LogP contribution is -2.29. The number of aromatic nitrogens is 1. The number of ether oxygens (including phenoxy) is 2. The van der Waals surface area contributed by atoms with Crippen LogP contribution >= 0.6 is 0 Å². The predicted molar refractivity (Wildman–Crippen MR) is 90.7 cm³/mol. The molecule has 0 radical (unpaired) electrons. The van der Waals surface area contributed by atoms with E-state index in [9.17, 15) is 4.79 Å². The van der Waals surface area contributed by atoms with Gasteiger partial charge in [0.25, 0.3) is 5.91 Å². The number of hydrogen-bond acceptors (Lipinski definition) is 5. The van der Waals surface area contributed by atoms with Crippen molar-refractivity contribution in [3.8, 4) is 11.8 Å². The molecule has 1 aliphatic heterocycles. The number of rotatable bonds is 6. The highest BCUT2D eigenvalue weighted by Crippen LogP contribution is 2.11. The number of nitrogens with zero attached hydrogens (tertiary/aromatic N) is 1. The lowest BCUT2D eigenvalue weighted by atomic mass is 10.1. The highest BCUT2D eigenvalue weighted by molar-refractivity contribution is 5.92. The number of hydrogen-bond donors (Lipinski definition) is 1. The van der Waals surface area contributed by atoms with E-state index in [0.29, 0.717) is 24.8 Å². The van der Waals surface area contributed by atoms with Gasteiger partial charge in [-0.2, -0.15) is 0 Å². The maximum Gasteiger partial charge on any atom is 0.273 e. The zero-order chi connectivity index (χ0) is 17.3. The lowest BCUT2D eigenvalue weighted by molar-refractivity contribution is 0.0934. The van der Waals surface area contributed by atoms with Gasteiger partial charge in [-0.15, -0.1) is 0 Å². The molecule has 2 aromatic rings. The van der Waals surface area contributed by atoms with Crippen LogP contribution in [0.1, 0.15) is 28.2 Å². The van der Waals surface area contributed by atoms with Gasteiger partial charge in [-0.05, 0) is 18.6 Å². The topological polar surface area (TPSA) is 73.6 Å². The third kappa shape index (κ3) is 5.45. The molecule has 0 spiro atoms. The van der Waals surface area contributed by atoms with Gasteiger partial charge in [-0.3, -0.25) is 4.79 Å². The van der Waals surface area contributed by atoms with Gasteiger partial charge in [0.05, 0.1) is 6.61 Å². The largest absolute Gasteiger partial charge is 0.381 e. The Labute approximate surface area is 146 Å². The van der Waals surface area contributed by atoms with Crippen LogP contribution in [0.4, 0.5) is 0 Å². The number of carbonyl (C=O) groups is 1. The Morgan fingerprint density at radius 2 is 2.24 bits per heavy atom. The fourth-order valence-corrected chi connectivity index (χ4v) is 2.42. The Bertz CT molecular complexity index is 740. The average molecular weight is 340 g/mol. The van der Waals surface area contributed by atoms with Crippen molar-refractivity contribution in [3.05, 3.63) is 53.4 Å². The van der Waals surface area contributed by atoms with Crippen LogP contribution in [-0.2, 0) is 16.1 Å². The summed E-state index contributed by atoms with van der Waals surface area (Å²) in [6, 6.07) is 11.3. The first-order valence-corrected chi connectivity index (χ1v) is 8.24. The van der Waals surface area contributed by atoms with Gasteiger partial charge in [0, 0.05) is 30.7 Å². The highest BCUT2D eigenvalue weighted by atomic mass is 16.5. The first-order chi connectivity index (χ1) is 12.3. The minimum atomic E-state index is -0.245. The van der Waals surface area contributed by atoms with Crippen molar-refractivity contribution >= 4 is 5.91 Å². The quantitative estimate of drug-likeness (QED) is 0.643. The van der Waals surface area contributed by atoms with E-state index in [1.54, 1.807) is 6.07 Å². The summed E-state index contributed by atoms with van der Waals surface area (Å²) in [6.45, 7) is 2.55. The SMILES string of the molecule is O=C(NCC1CCOC1)c1cc(COCC#Cc2ccccc2)on1. The molecule has 6 nitrogen and oxygen atoms in total. The van der Waals surface area contributed by atoms with Gasteiger partial charge in [0.15, 0.2) is 11.5 Å². The van der Waals surface area contributed by atoms with Crippen molar-refractivity contribution in [1.29, 1.82) is 0 Å². The summed E-state index contributed by atoms with van der Waals surface area (Å²) in [7, 11) is 0. The van der Waals surface area contributed by atoms with Crippen molar-refractivity contribution in [1.82, 2.24) is 10.5 Å². The molecule has 0 saturated carbocycles. The van der Waals surface area contributed by atoms with E-state index < -0.39 is 0 Å². The molecule has 0 bridgehead atoms. The number of carbonyl (C=O) groups excluding carboxylic acids is 1. The zero-order valence-corrected chi connectivity index (χ0v) is 13.9. The Kier molecular flexibility index (Phi) is 6.21. The molecule has 1 aromatic heterocycles. The lowest BCUT2D eigenvalue weighted by Gasteiger charge is -2.07. The number of nitrogens with one attached hydrogen (secondary N) is 1. The molecular formula is C19H20N2O4. The predicted octanol–water partition coefficient (Wildman–Crippen LogP) is 2.01. The van der Waals surface area contributed by atoms with E-state index in [-0.39, 0.29) is 24.8 Å². The van der Waals surface area contributed by atoms with Crippen LogP contribution in [0.5, 0.6) is 0 Å². The van der Waals surface area contributed by atoms with Crippen LogP contribution < -0.4 is 5.32 Å². The smallest absolute Gasteiger partial charge is 0.273 e. The summed E-state index contributed by atoms with van der Waals surface area (Å²) in [5.74, 6) is 6.56. The second kappa shape index (κ2) is 9.02. The fourth-order valence-electron chi connectivity index (χ4n) is 2.42. The molecule has 1 unspecified atom stereocenters. The van der Waals surface area contributed by atoms with Crippen molar-refractivity contribution in [2.45, 2.75) is 13.0 Å². The van der Waals surface area contributed by atoms with Crippen LogP contribution in [0.15, 0.2) is 40.9 Å². The molecule has 1 fully saturated rings. The van der Waals surface area contributed by atoms with E-state index >= 15 is 0 Å². The normalized spacial score (nSPS) is 16.2. The van der Waals surface area contributed by atoms with Crippen LogP contribution in [0.3, 0.4) is 0 Å². The number of benzene rings is 1. The summed E-state index contributed by atoms with van der Waals surface area (Å²) in [4.78, 5) is 12.0. The Morgan fingerprint density at radius 3 is 3.04 bits per heavy atom. The van der Waals surface area contributed by atoms with Gasteiger partial charge in [-0.25, -0.2) is 0 Å². The second-order valence-corrected chi connectivity index (χ2v) is 5.78. The molecular weight excluding hydrogens is 320 g/mol. The first-order valence-electron chi connectivity index (χ1n) is 8.24. The summed E-state index contributed by atoms with van der Waals surface area (Å²) < 4.78 is 15.8. The molecule has 1 atom stereocenters. The van der Waals surface area contributed by atoms with E-state index in [1.165, 1.54) is 0 Å². The first kappa shape index (κ1) is 17.2. The molecule has 130 valence electrons. The van der Waals surface area contributed by atoms with Crippen molar-refractivity contribution in [2.24, 2.45) is 5.92 Å². The minimum Gasteiger partial charge on any atom is -0.381 e. The molecule has 0 aliphatic carbocycles. The molecule has 6 heteroatoms. The van der Waals surface area contributed by atoms with Gasteiger partial charge < -0.3 is 19.3 Å². The van der Waals surface area contributed by atoms with Gasteiger partial charge in [0.1, 0.15) is 13.2 Å². The van der Waals surface area contributed by atoms with Crippen molar-refractivity contribution < 1.29 is 18.8 Å². The third-order valence-electron chi connectivity index (χ3n) is 3.79. The maximum absolute atomic E-state index is 12.0. The Morgan fingerprint density at radius 1 is 1.36 bits per heavy atom. The van der Waals surface area contributed by atoms with Crippen molar-refractivity contribution in [3.63, 3.8) is 0 Å². The highest BCUT2D eigenvalue weighted by Gasteiger charge is 2.18. The average Bonchev–Trinajstić information content (AvgIpc) is 3.32. The van der Waals surface area contributed by atoms with E-state index in [0.717, 1.165) is 18.6 Å². The summed E-state index contributed by atoms with van der Waals surface area (Å²) in [6.07, 6.45) is 0.974. The standard InChI is InChI=1S/C19H20N2O4/c22-19(20-12-16-8-10-24-13-16)18-11-17(25-21-18)14-23-9-4-7-15-5-2-1-3-6-15/h1-3,5-6,11,16H,8-10,12-14H2,(H,20,22). The molecule has 1 aliphatic rings. The summed E-state index contributed by atoms with van der Waals surface area (Å²) in [5.41, 5.74) is 1.20. The van der Waals surface area contributed by atoms with E-state index in [4.69, 9.17) is 14.0 Å². The number of amides is 1. The maximum atomic E-state index is 12.0. The van der Waals surface area contributed by atoms with Crippen LogP contribution in [-0.4, -0.2) is 37.4 Å². The molecule has 25 heavy (non-hydrogen) atoms. The zero-order valence-electron chi connectivity index (χ0n) is 13.9. The van der Waals surface area contributed by atoms with Gasteiger partial charge in [-0.1, -0.05) is 35.2 Å². The molecule has 1 aromatic carbocycles.